The van der Waals surface area contributed by atoms with Crippen LogP contribution < -0.4 is 5.73 Å². The molecule has 3 fully saturated rings. The van der Waals surface area contributed by atoms with Crippen molar-refractivity contribution in [2.75, 3.05) is 13.1 Å². The summed E-state index contributed by atoms with van der Waals surface area (Å²) in [5, 5.41) is 0. The molecule has 0 aromatic rings. The minimum absolute atomic E-state index is 0.450. The summed E-state index contributed by atoms with van der Waals surface area (Å²) in [7, 11) is 0. The molecule has 2 aliphatic carbocycles. The van der Waals surface area contributed by atoms with E-state index in [9.17, 15) is 0 Å². The molecular formula is C16H30N2. The van der Waals surface area contributed by atoms with Crippen molar-refractivity contribution in [3.8, 4) is 0 Å². The number of likely N-dealkylation sites (tertiary alicyclic amines) is 1. The fourth-order valence-electron chi connectivity index (χ4n) is 4.71. The molecule has 3 unspecified atom stereocenters. The quantitative estimate of drug-likeness (QED) is 0.833. The summed E-state index contributed by atoms with van der Waals surface area (Å²) in [6, 6.07) is 1.35. The maximum absolute atomic E-state index is 6.51. The van der Waals surface area contributed by atoms with Gasteiger partial charge in [-0.25, -0.2) is 0 Å². The van der Waals surface area contributed by atoms with Gasteiger partial charge in [0.2, 0.25) is 0 Å². The zero-order valence-corrected chi connectivity index (χ0v) is 11.8. The highest BCUT2D eigenvalue weighted by molar-refractivity contribution is 4.92. The van der Waals surface area contributed by atoms with Gasteiger partial charge in [0.1, 0.15) is 0 Å². The topological polar surface area (TPSA) is 29.3 Å². The van der Waals surface area contributed by atoms with Gasteiger partial charge in [0.25, 0.3) is 0 Å². The first-order valence-electron chi connectivity index (χ1n) is 8.34. The normalized spacial score (nSPS) is 36.5. The molecule has 2 N–H and O–H groups in total. The fraction of sp³-hybridized carbons (Fsp3) is 1.00. The maximum Gasteiger partial charge on any atom is 0.0196 e. The highest BCUT2D eigenvalue weighted by atomic mass is 15.2. The third-order valence-electron chi connectivity index (χ3n) is 5.83. The van der Waals surface area contributed by atoms with Crippen molar-refractivity contribution in [3.05, 3.63) is 0 Å². The highest BCUT2D eigenvalue weighted by Crippen LogP contribution is 2.36. The molecule has 0 radical (unpaired) electrons. The van der Waals surface area contributed by atoms with E-state index in [2.05, 4.69) is 4.90 Å². The Morgan fingerprint density at radius 1 is 0.889 bits per heavy atom. The Morgan fingerprint density at radius 3 is 2.44 bits per heavy atom. The summed E-state index contributed by atoms with van der Waals surface area (Å²) in [6.45, 7) is 2.52. The largest absolute Gasteiger partial charge is 0.326 e. The van der Waals surface area contributed by atoms with Crippen LogP contribution in [0.2, 0.25) is 0 Å². The van der Waals surface area contributed by atoms with Crippen LogP contribution in [0, 0.1) is 11.8 Å². The molecule has 0 bridgehead atoms. The van der Waals surface area contributed by atoms with Gasteiger partial charge in [0, 0.05) is 18.6 Å². The van der Waals surface area contributed by atoms with Gasteiger partial charge in [-0.15, -0.1) is 0 Å². The minimum atomic E-state index is 0.450. The van der Waals surface area contributed by atoms with Gasteiger partial charge >= 0.3 is 0 Å². The molecule has 1 aliphatic heterocycles. The van der Waals surface area contributed by atoms with Crippen molar-refractivity contribution < 1.29 is 0 Å². The second-order valence-corrected chi connectivity index (χ2v) is 6.96. The number of fused-ring (bicyclic) bond motifs is 1. The molecule has 0 aromatic carbocycles. The van der Waals surface area contributed by atoms with Gasteiger partial charge in [-0.05, 0) is 50.5 Å². The number of hydrogen-bond acceptors (Lipinski definition) is 2. The molecule has 3 rings (SSSR count). The van der Waals surface area contributed by atoms with Crippen LogP contribution in [0.25, 0.3) is 0 Å². The van der Waals surface area contributed by atoms with E-state index in [-0.39, 0.29) is 0 Å². The molecular weight excluding hydrogens is 220 g/mol. The van der Waals surface area contributed by atoms with Crippen LogP contribution in [-0.2, 0) is 0 Å². The summed E-state index contributed by atoms with van der Waals surface area (Å²) in [4.78, 5) is 2.75. The van der Waals surface area contributed by atoms with Crippen molar-refractivity contribution >= 4 is 0 Å². The van der Waals surface area contributed by atoms with E-state index in [1.807, 2.05) is 0 Å². The van der Waals surface area contributed by atoms with E-state index in [1.54, 1.807) is 0 Å². The average molecular weight is 250 g/mol. The molecule has 2 saturated carbocycles. The van der Waals surface area contributed by atoms with Crippen LogP contribution in [0.1, 0.15) is 64.2 Å². The number of nitrogens with zero attached hydrogens (tertiary/aromatic N) is 1. The Morgan fingerprint density at radius 2 is 1.61 bits per heavy atom. The third kappa shape index (κ3) is 2.75. The lowest BCUT2D eigenvalue weighted by Gasteiger charge is -2.36. The Bertz CT molecular complexity index is 260. The summed E-state index contributed by atoms with van der Waals surface area (Å²) in [5.41, 5.74) is 6.51. The van der Waals surface area contributed by atoms with Gasteiger partial charge in [-0.2, -0.15) is 0 Å². The minimum Gasteiger partial charge on any atom is -0.326 e. The smallest absolute Gasteiger partial charge is 0.0196 e. The molecule has 104 valence electrons. The van der Waals surface area contributed by atoms with E-state index in [0.29, 0.717) is 6.04 Å². The van der Waals surface area contributed by atoms with Crippen LogP contribution in [-0.4, -0.2) is 30.1 Å². The SMILES string of the molecule is NC(CN1CCC2CCCCC21)C1CCCCC1. The second kappa shape index (κ2) is 5.92. The lowest BCUT2D eigenvalue weighted by atomic mass is 9.83. The van der Waals surface area contributed by atoms with E-state index >= 15 is 0 Å². The van der Waals surface area contributed by atoms with Crippen molar-refractivity contribution in [1.29, 1.82) is 0 Å². The fourth-order valence-corrected chi connectivity index (χ4v) is 4.71. The predicted molar refractivity (Wildman–Crippen MR) is 76.5 cm³/mol. The van der Waals surface area contributed by atoms with Gasteiger partial charge in [0.15, 0.2) is 0 Å². The molecule has 3 atom stereocenters. The van der Waals surface area contributed by atoms with Crippen LogP contribution >= 0.6 is 0 Å². The number of rotatable bonds is 3. The first-order valence-corrected chi connectivity index (χ1v) is 8.34. The highest BCUT2D eigenvalue weighted by Gasteiger charge is 2.36. The summed E-state index contributed by atoms with van der Waals surface area (Å²) < 4.78 is 0. The van der Waals surface area contributed by atoms with Crippen LogP contribution in [0.3, 0.4) is 0 Å². The molecule has 3 aliphatic rings. The van der Waals surface area contributed by atoms with E-state index in [4.69, 9.17) is 5.73 Å². The summed E-state index contributed by atoms with van der Waals surface area (Å²) >= 11 is 0. The molecule has 0 spiro atoms. The first-order chi connectivity index (χ1) is 8.84. The number of hydrogen-bond donors (Lipinski definition) is 1. The Hall–Kier alpha value is -0.0800. The maximum atomic E-state index is 6.51. The molecule has 2 heteroatoms. The van der Waals surface area contributed by atoms with Crippen LogP contribution in [0.15, 0.2) is 0 Å². The summed E-state index contributed by atoms with van der Waals surface area (Å²) in [5.74, 6) is 1.83. The Kier molecular flexibility index (Phi) is 4.25. The zero-order chi connectivity index (χ0) is 12.4. The van der Waals surface area contributed by atoms with Crippen LogP contribution in [0.5, 0.6) is 0 Å². The van der Waals surface area contributed by atoms with Gasteiger partial charge in [-0.1, -0.05) is 32.1 Å². The van der Waals surface area contributed by atoms with E-state index in [1.165, 1.54) is 77.3 Å². The second-order valence-electron chi connectivity index (χ2n) is 6.96. The van der Waals surface area contributed by atoms with Crippen molar-refractivity contribution in [1.82, 2.24) is 4.90 Å². The first kappa shape index (κ1) is 12.9. The van der Waals surface area contributed by atoms with E-state index < -0.39 is 0 Å². The third-order valence-corrected chi connectivity index (χ3v) is 5.83. The van der Waals surface area contributed by atoms with Gasteiger partial charge in [0.05, 0.1) is 0 Å². The zero-order valence-electron chi connectivity index (χ0n) is 11.8. The number of nitrogens with two attached hydrogens (primary N) is 1. The van der Waals surface area contributed by atoms with Crippen molar-refractivity contribution in [2.24, 2.45) is 17.6 Å². The molecule has 0 aromatic heterocycles. The van der Waals surface area contributed by atoms with Crippen molar-refractivity contribution in [3.63, 3.8) is 0 Å². The molecule has 0 amide bonds. The van der Waals surface area contributed by atoms with Crippen molar-refractivity contribution in [2.45, 2.75) is 76.3 Å². The van der Waals surface area contributed by atoms with E-state index in [0.717, 1.165) is 17.9 Å². The summed E-state index contributed by atoms with van der Waals surface area (Å²) in [6.07, 6.45) is 14.4. The molecule has 1 saturated heterocycles. The Labute approximate surface area is 112 Å². The van der Waals surface area contributed by atoms with Crippen LogP contribution in [0.4, 0.5) is 0 Å². The molecule has 2 nitrogen and oxygen atoms in total. The Balaban J connectivity index is 1.52. The van der Waals surface area contributed by atoms with Gasteiger partial charge < -0.3 is 5.73 Å². The standard InChI is InChI=1S/C16H30N2/c17-15(13-6-2-1-3-7-13)12-18-11-10-14-8-4-5-9-16(14)18/h13-16H,1-12,17H2. The monoisotopic (exact) mass is 250 g/mol. The molecule has 1 heterocycles. The lowest BCUT2D eigenvalue weighted by molar-refractivity contribution is 0.153. The predicted octanol–water partition coefficient (Wildman–Crippen LogP) is 3.16. The average Bonchev–Trinajstić information content (AvgIpc) is 2.83. The lowest BCUT2D eigenvalue weighted by Crippen LogP contribution is -2.46. The van der Waals surface area contributed by atoms with Gasteiger partial charge in [-0.3, -0.25) is 4.90 Å². The molecule has 18 heavy (non-hydrogen) atoms.